The molecule has 0 saturated carbocycles. The maximum Gasteiger partial charge on any atom is 0.211 e. The lowest BCUT2D eigenvalue weighted by atomic mass is 10.5. The predicted octanol–water partition coefficient (Wildman–Crippen LogP) is -1.16. The Bertz CT molecular complexity index is 187. The van der Waals surface area contributed by atoms with Crippen LogP contribution in [0.4, 0.5) is 0 Å². The largest absolute Gasteiger partial charge is 0.369 e. The molecule has 0 aliphatic heterocycles. The van der Waals surface area contributed by atoms with E-state index in [4.69, 9.17) is 11.5 Å². The van der Waals surface area contributed by atoms with Crippen molar-refractivity contribution in [2.75, 3.05) is 7.05 Å². The number of guanidine groups is 1. The van der Waals surface area contributed by atoms with Gasteiger partial charge in [0.1, 0.15) is 0 Å². The average molecular weight is 156 g/mol. The lowest BCUT2D eigenvalue weighted by Gasteiger charge is -1.87. The minimum atomic E-state index is -0.0674. The Kier molecular flexibility index (Phi) is 4.46. The van der Waals surface area contributed by atoms with E-state index in [1.807, 2.05) is 0 Å². The third-order valence-electron chi connectivity index (χ3n) is 0.704. The first kappa shape index (κ1) is 9.41. The fourth-order valence-corrected chi connectivity index (χ4v) is 0.320. The van der Waals surface area contributed by atoms with Crippen molar-refractivity contribution in [1.29, 1.82) is 0 Å². The molecule has 0 rings (SSSR count). The molecule has 0 radical (unpaired) electrons. The molecular formula is C5H12N6. The second kappa shape index (κ2) is 5.21. The van der Waals surface area contributed by atoms with E-state index in [9.17, 15) is 0 Å². The van der Waals surface area contributed by atoms with Gasteiger partial charge in [0.2, 0.25) is 5.96 Å². The van der Waals surface area contributed by atoms with Crippen LogP contribution in [0.25, 0.3) is 0 Å². The zero-order valence-electron chi connectivity index (χ0n) is 6.57. The Labute approximate surface area is 65.1 Å². The summed E-state index contributed by atoms with van der Waals surface area (Å²) in [6.07, 6.45) is 1.51. The Balaban J connectivity index is 4.01. The third-order valence-corrected chi connectivity index (χ3v) is 0.704. The molecule has 62 valence electrons. The van der Waals surface area contributed by atoms with Crippen LogP contribution in [0.1, 0.15) is 6.92 Å². The molecule has 5 N–H and O–H groups in total. The summed E-state index contributed by atoms with van der Waals surface area (Å²) in [5.41, 5.74) is 13.2. The molecule has 0 heterocycles. The van der Waals surface area contributed by atoms with Crippen LogP contribution >= 0.6 is 0 Å². The van der Waals surface area contributed by atoms with Gasteiger partial charge in [-0.15, -0.1) is 5.10 Å². The van der Waals surface area contributed by atoms with Crippen LogP contribution in [0.3, 0.4) is 0 Å². The normalized spacial score (nSPS) is 11.6. The highest BCUT2D eigenvalue weighted by atomic mass is 15.3. The fraction of sp³-hybridized carbons (Fsp3) is 0.400. The molecule has 0 bridgehead atoms. The topological polar surface area (TPSA) is 101 Å². The van der Waals surface area contributed by atoms with Crippen molar-refractivity contribution in [2.45, 2.75) is 6.92 Å². The van der Waals surface area contributed by atoms with Gasteiger partial charge in [0, 0.05) is 7.05 Å². The molecule has 6 heteroatoms. The highest BCUT2D eigenvalue weighted by Crippen LogP contribution is 1.74. The number of nitrogens with zero attached hydrogens (tertiary/aromatic N) is 3. The number of hydrogen-bond donors (Lipinski definition) is 3. The van der Waals surface area contributed by atoms with Gasteiger partial charge in [-0.05, 0) is 6.92 Å². The summed E-state index contributed by atoms with van der Waals surface area (Å²) in [5.74, 6) is -0.0674. The molecule has 0 aliphatic carbocycles. The van der Waals surface area contributed by atoms with Gasteiger partial charge < -0.3 is 16.9 Å². The summed E-state index contributed by atoms with van der Waals surface area (Å²) in [6.45, 7) is 1.73. The predicted molar refractivity (Wildman–Crippen MR) is 46.5 cm³/mol. The fourth-order valence-electron chi connectivity index (χ4n) is 0.320. The average Bonchev–Trinajstić information content (AvgIpc) is 1.97. The summed E-state index contributed by atoms with van der Waals surface area (Å²) < 4.78 is 0. The Morgan fingerprint density at radius 2 is 2.00 bits per heavy atom. The van der Waals surface area contributed by atoms with Crippen molar-refractivity contribution in [3.05, 3.63) is 0 Å². The number of rotatable bonds is 3. The number of nitrogens with one attached hydrogen (secondary N) is 1. The van der Waals surface area contributed by atoms with Gasteiger partial charge in [0.15, 0.2) is 0 Å². The van der Waals surface area contributed by atoms with Crippen LogP contribution in [0.5, 0.6) is 0 Å². The van der Waals surface area contributed by atoms with E-state index < -0.39 is 0 Å². The van der Waals surface area contributed by atoms with Crippen molar-refractivity contribution >= 4 is 17.9 Å². The number of hydrogen-bond acceptors (Lipinski definition) is 4. The van der Waals surface area contributed by atoms with Crippen molar-refractivity contribution < 1.29 is 0 Å². The van der Waals surface area contributed by atoms with Gasteiger partial charge in [-0.3, -0.25) is 0 Å². The molecule has 0 spiro atoms. The van der Waals surface area contributed by atoms with Gasteiger partial charge in [0.25, 0.3) is 0 Å². The molecule has 0 aromatic carbocycles. The van der Waals surface area contributed by atoms with E-state index >= 15 is 0 Å². The van der Waals surface area contributed by atoms with Crippen LogP contribution in [0.15, 0.2) is 15.3 Å². The van der Waals surface area contributed by atoms with E-state index in [-0.39, 0.29) is 5.96 Å². The van der Waals surface area contributed by atoms with E-state index in [0.29, 0.717) is 5.71 Å². The second-order valence-corrected chi connectivity index (χ2v) is 1.75. The Morgan fingerprint density at radius 3 is 2.45 bits per heavy atom. The van der Waals surface area contributed by atoms with Gasteiger partial charge in [-0.2, -0.15) is 10.2 Å². The van der Waals surface area contributed by atoms with E-state index in [1.54, 1.807) is 14.0 Å². The highest BCUT2D eigenvalue weighted by Gasteiger charge is 1.81. The molecule has 0 unspecified atom stereocenters. The number of nitrogens with two attached hydrogens (primary N) is 2. The first-order valence-corrected chi connectivity index (χ1v) is 3.00. The zero-order chi connectivity index (χ0) is 8.69. The van der Waals surface area contributed by atoms with E-state index in [0.717, 1.165) is 0 Å². The standard InChI is InChI=1S/C5H12N6/c1-4(3-9-8-2)10-11-5(6)7/h3,8H,1-2H3,(H4,6,7,11)/b9-3-,10-4-. The summed E-state index contributed by atoms with van der Waals surface area (Å²) >= 11 is 0. The van der Waals surface area contributed by atoms with Crippen LogP contribution in [-0.2, 0) is 0 Å². The van der Waals surface area contributed by atoms with Crippen LogP contribution < -0.4 is 16.9 Å². The van der Waals surface area contributed by atoms with Crippen LogP contribution in [0, 0.1) is 0 Å². The van der Waals surface area contributed by atoms with Gasteiger partial charge in [-0.25, -0.2) is 0 Å². The first-order valence-electron chi connectivity index (χ1n) is 3.00. The summed E-state index contributed by atoms with van der Waals surface area (Å²) in [7, 11) is 1.68. The molecule has 11 heavy (non-hydrogen) atoms. The molecule has 0 aromatic heterocycles. The number of hydrazone groups is 1. The first-order chi connectivity index (χ1) is 5.16. The molecule has 0 aliphatic rings. The third kappa shape index (κ3) is 6.29. The van der Waals surface area contributed by atoms with Crippen molar-refractivity contribution in [3.8, 4) is 0 Å². The van der Waals surface area contributed by atoms with Gasteiger partial charge in [-0.1, -0.05) is 0 Å². The molecular weight excluding hydrogens is 144 g/mol. The van der Waals surface area contributed by atoms with Gasteiger partial charge >= 0.3 is 0 Å². The lowest BCUT2D eigenvalue weighted by molar-refractivity contribution is 0.909. The molecule has 0 aromatic rings. The van der Waals surface area contributed by atoms with E-state index in [2.05, 4.69) is 20.7 Å². The maximum atomic E-state index is 5.03. The molecule has 0 fully saturated rings. The zero-order valence-corrected chi connectivity index (χ0v) is 6.57. The quantitative estimate of drug-likeness (QED) is 0.273. The molecule has 6 nitrogen and oxygen atoms in total. The molecule has 0 atom stereocenters. The SMILES string of the molecule is CN/N=C\C(C)=N/N=C(N)N. The Hall–Kier alpha value is -1.59. The summed E-state index contributed by atoms with van der Waals surface area (Å²) in [6, 6.07) is 0. The second-order valence-electron chi connectivity index (χ2n) is 1.75. The molecule has 0 amide bonds. The maximum absolute atomic E-state index is 5.03. The summed E-state index contributed by atoms with van der Waals surface area (Å²) in [5, 5.41) is 10.7. The Morgan fingerprint density at radius 1 is 1.36 bits per heavy atom. The monoisotopic (exact) mass is 156 g/mol. The van der Waals surface area contributed by atoms with Gasteiger partial charge in [0.05, 0.1) is 11.9 Å². The van der Waals surface area contributed by atoms with Crippen molar-refractivity contribution in [1.82, 2.24) is 5.43 Å². The minimum absolute atomic E-state index is 0.0674. The van der Waals surface area contributed by atoms with E-state index in [1.165, 1.54) is 6.21 Å². The minimum Gasteiger partial charge on any atom is -0.369 e. The van der Waals surface area contributed by atoms with Crippen molar-refractivity contribution in [3.63, 3.8) is 0 Å². The molecule has 0 saturated heterocycles. The lowest BCUT2D eigenvalue weighted by Crippen LogP contribution is -2.22. The smallest absolute Gasteiger partial charge is 0.211 e. The van der Waals surface area contributed by atoms with Crippen LogP contribution in [-0.4, -0.2) is 24.9 Å². The summed E-state index contributed by atoms with van der Waals surface area (Å²) in [4.78, 5) is 0. The highest BCUT2D eigenvalue weighted by molar-refractivity contribution is 6.29. The van der Waals surface area contributed by atoms with Crippen LogP contribution in [0.2, 0.25) is 0 Å². The van der Waals surface area contributed by atoms with Crippen molar-refractivity contribution in [2.24, 2.45) is 26.8 Å².